The molecule has 2 N–H and O–H groups in total. The molecule has 0 saturated carbocycles. The van der Waals surface area contributed by atoms with Crippen molar-refractivity contribution in [1.29, 1.82) is 0 Å². The lowest BCUT2D eigenvalue weighted by atomic mass is 10.1. The molecule has 0 bridgehead atoms. The highest BCUT2D eigenvalue weighted by Crippen LogP contribution is 2.26. The van der Waals surface area contributed by atoms with Crippen molar-refractivity contribution in [3.63, 3.8) is 0 Å². The van der Waals surface area contributed by atoms with Gasteiger partial charge in [-0.05, 0) is 30.0 Å². The van der Waals surface area contributed by atoms with Gasteiger partial charge in [0, 0.05) is 18.3 Å². The number of nitrogens with zero attached hydrogens (tertiary/aromatic N) is 3. The molecule has 4 rings (SSSR count). The molecule has 2 aromatic rings. The summed E-state index contributed by atoms with van der Waals surface area (Å²) in [4.78, 5) is 44.4. The summed E-state index contributed by atoms with van der Waals surface area (Å²) in [6.45, 7) is 0.589. The van der Waals surface area contributed by atoms with Crippen LogP contribution in [0.2, 0.25) is 0 Å². The first-order valence-corrected chi connectivity index (χ1v) is 10.1. The quantitative estimate of drug-likeness (QED) is 0.326. The van der Waals surface area contributed by atoms with Crippen LogP contribution in [0, 0.1) is 12.3 Å². The number of methoxy groups -OCH3 is 1. The van der Waals surface area contributed by atoms with Crippen molar-refractivity contribution in [3.05, 3.63) is 47.3 Å². The first-order chi connectivity index (χ1) is 14.4. The number of fused-ring (bicyclic) bond motifs is 1. The first-order valence-electron chi connectivity index (χ1n) is 8.86. The smallest absolute Gasteiger partial charge is 0.322 e. The van der Waals surface area contributed by atoms with Crippen LogP contribution >= 0.6 is 11.8 Å². The predicted molar refractivity (Wildman–Crippen MR) is 110 cm³/mol. The summed E-state index contributed by atoms with van der Waals surface area (Å²) in [6.07, 6.45) is 8.70. The average molecular weight is 425 g/mol. The summed E-state index contributed by atoms with van der Waals surface area (Å²) >= 11 is 1.48. The van der Waals surface area contributed by atoms with Crippen LogP contribution in [0.5, 0.6) is 5.75 Å². The maximum absolute atomic E-state index is 12.3. The number of ether oxygens (including phenoxy) is 1. The van der Waals surface area contributed by atoms with Gasteiger partial charge in [0.1, 0.15) is 17.5 Å². The molecule has 1 aromatic heterocycles. The summed E-state index contributed by atoms with van der Waals surface area (Å²) < 4.78 is 5.10. The van der Waals surface area contributed by atoms with E-state index in [1.807, 2.05) is 12.3 Å². The van der Waals surface area contributed by atoms with Crippen LogP contribution in [0.25, 0.3) is 0 Å². The molecule has 3 heterocycles. The Morgan fingerprint density at radius 3 is 2.77 bits per heavy atom. The highest BCUT2D eigenvalue weighted by atomic mass is 32.2. The molecule has 1 aromatic carbocycles. The fraction of sp³-hybridized carbons (Fsp3) is 0.250. The average Bonchev–Trinajstić information content (AvgIpc) is 3.25. The molecule has 154 valence electrons. The van der Waals surface area contributed by atoms with Crippen LogP contribution in [0.3, 0.4) is 0 Å². The van der Waals surface area contributed by atoms with E-state index < -0.39 is 18.0 Å². The van der Waals surface area contributed by atoms with Gasteiger partial charge in [-0.2, -0.15) is 0 Å². The fourth-order valence-electron chi connectivity index (χ4n) is 2.94. The Labute approximate surface area is 177 Å². The summed E-state index contributed by atoms with van der Waals surface area (Å²) in [6, 6.07) is 5.80. The topological polar surface area (TPSA) is 114 Å². The molecule has 1 unspecified atom stereocenters. The third-order valence-electron chi connectivity index (χ3n) is 4.42. The Morgan fingerprint density at radius 2 is 2.13 bits per heavy atom. The molecular formula is C20H19N5O4S. The van der Waals surface area contributed by atoms with Gasteiger partial charge in [-0.1, -0.05) is 23.7 Å². The number of terminal acetylenes is 1. The van der Waals surface area contributed by atoms with E-state index in [0.717, 1.165) is 10.7 Å². The Hall–Kier alpha value is -3.58. The lowest BCUT2D eigenvalue weighted by Crippen LogP contribution is -2.42. The van der Waals surface area contributed by atoms with E-state index >= 15 is 0 Å². The zero-order valence-corrected chi connectivity index (χ0v) is 17.2. The van der Waals surface area contributed by atoms with Crippen molar-refractivity contribution in [2.45, 2.75) is 17.7 Å². The Morgan fingerprint density at radius 1 is 1.33 bits per heavy atom. The number of carbonyl (C=O) groups excluding carboxylic acids is 3. The van der Waals surface area contributed by atoms with Crippen molar-refractivity contribution >= 4 is 29.6 Å². The summed E-state index contributed by atoms with van der Waals surface area (Å²) in [5.41, 5.74) is 2.11. The van der Waals surface area contributed by atoms with Crippen molar-refractivity contribution in [1.82, 2.24) is 25.5 Å². The number of hydrogen-bond acceptors (Lipinski definition) is 7. The number of hydrogen-bond donors (Lipinski definition) is 2. The van der Waals surface area contributed by atoms with E-state index in [-0.39, 0.29) is 12.5 Å². The summed E-state index contributed by atoms with van der Waals surface area (Å²) in [5.74, 6) is 2.49. The molecule has 2 aliphatic rings. The Bertz CT molecular complexity index is 1040. The second kappa shape index (κ2) is 9.28. The zero-order chi connectivity index (χ0) is 21.7. The largest absolute Gasteiger partial charge is 0.497 e. The molecule has 0 spiro atoms. The molecule has 9 nitrogen and oxygen atoms in total. The van der Waals surface area contributed by atoms with Gasteiger partial charge < -0.3 is 15.0 Å². The number of carbonyl (C=O) groups is 3. The van der Waals surface area contributed by atoms with Gasteiger partial charge >= 0.3 is 6.03 Å². The number of imide groups is 1. The lowest BCUT2D eigenvalue weighted by molar-refractivity contribution is -0.120. The highest BCUT2D eigenvalue weighted by Gasteiger charge is 2.35. The second-order valence-electron chi connectivity index (χ2n) is 6.30. The minimum absolute atomic E-state index is 0.159. The number of benzene rings is 1. The van der Waals surface area contributed by atoms with Gasteiger partial charge in [-0.25, -0.2) is 14.8 Å². The molecule has 30 heavy (non-hydrogen) atoms. The fourth-order valence-corrected chi connectivity index (χ4v) is 3.30. The van der Waals surface area contributed by atoms with Gasteiger partial charge in [-0.15, -0.1) is 6.42 Å². The minimum atomic E-state index is -0.692. The first kappa shape index (κ1) is 21.1. The SMILES string of the molecule is C#Cc1ccnc(SC)n1.COc1ccc2c(c1)C(=O)N(CC1NC(=O)NC1=O)C2. The van der Waals surface area contributed by atoms with Crippen LogP contribution in [0.1, 0.15) is 21.6 Å². The lowest BCUT2D eigenvalue weighted by Gasteiger charge is -2.18. The highest BCUT2D eigenvalue weighted by molar-refractivity contribution is 7.98. The maximum atomic E-state index is 12.3. The molecule has 1 atom stereocenters. The molecular weight excluding hydrogens is 406 g/mol. The van der Waals surface area contributed by atoms with E-state index in [0.29, 0.717) is 23.6 Å². The number of amides is 4. The molecule has 2 aliphatic heterocycles. The number of rotatable bonds is 4. The molecule has 4 amide bonds. The van der Waals surface area contributed by atoms with Gasteiger partial charge in [0.05, 0.1) is 13.7 Å². The predicted octanol–water partition coefficient (Wildman–Crippen LogP) is 1.04. The van der Waals surface area contributed by atoms with Gasteiger partial charge in [0.2, 0.25) is 0 Å². The molecule has 1 saturated heterocycles. The maximum Gasteiger partial charge on any atom is 0.322 e. The number of nitrogens with one attached hydrogen (secondary N) is 2. The Balaban J connectivity index is 0.000000216. The van der Waals surface area contributed by atoms with Crippen molar-refractivity contribution in [2.24, 2.45) is 0 Å². The second-order valence-corrected chi connectivity index (χ2v) is 7.07. The standard InChI is InChI=1S/C13H13N3O4.C7H6N2S/c1-20-8-3-2-7-5-16(12(18)9(7)4-8)6-10-11(17)15-13(19)14-10;1-3-6-4-5-8-7(9-6)10-2/h2-4,10H,5-6H2,1H3,(H2,14,15,17,19);1,4-5H,2H3. The van der Waals surface area contributed by atoms with Crippen molar-refractivity contribution in [2.75, 3.05) is 19.9 Å². The van der Waals surface area contributed by atoms with E-state index in [2.05, 4.69) is 26.5 Å². The van der Waals surface area contributed by atoms with Crippen molar-refractivity contribution in [3.8, 4) is 18.1 Å². The van der Waals surface area contributed by atoms with Crippen LogP contribution in [0.4, 0.5) is 4.79 Å². The van der Waals surface area contributed by atoms with Crippen LogP contribution in [0.15, 0.2) is 35.6 Å². The van der Waals surface area contributed by atoms with Crippen LogP contribution < -0.4 is 15.4 Å². The number of urea groups is 1. The molecule has 0 aliphatic carbocycles. The van der Waals surface area contributed by atoms with E-state index in [1.54, 1.807) is 29.3 Å². The number of thioether (sulfide) groups is 1. The third kappa shape index (κ3) is 4.69. The number of aromatic nitrogens is 2. The van der Waals surface area contributed by atoms with E-state index in [1.165, 1.54) is 18.9 Å². The summed E-state index contributed by atoms with van der Waals surface area (Å²) in [5, 5.41) is 5.35. The summed E-state index contributed by atoms with van der Waals surface area (Å²) in [7, 11) is 1.54. The van der Waals surface area contributed by atoms with E-state index in [4.69, 9.17) is 11.2 Å². The minimum Gasteiger partial charge on any atom is -0.497 e. The van der Waals surface area contributed by atoms with Gasteiger partial charge in [0.25, 0.3) is 11.8 Å². The molecule has 10 heteroatoms. The molecule has 1 fully saturated rings. The Kier molecular flexibility index (Phi) is 6.54. The van der Waals surface area contributed by atoms with Crippen LogP contribution in [-0.2, 0) is 11.3 Å². The van der Waals surface area contributed by atoms with Gasteiger partial charge in [0.15, 0.2) is 5.16 Å². The molecule has 0 radical (unpaired) electrons. The van der Waals surface area contributed by atoms with Crippen LogP contribution in [-0.4, -0.2) is 58.7 Å². The van der Waals surface area contributed by atoms with E-state index in [9.17, 15) is 14.4 Å². The zero-order valence-electron chi connectivity index (χ0n) is 16.3. The normalized spacial score (nSPS) is 16.8. The third-order valence-corrected chi connectivity index (χ3v) is 4.98. The monoisotopic (exact) mass is 425 g/mol. The van der Waals surface area contributed by atoms with Crippen molar-refractivity contribution < 1.29 is 19.1 Å². The van der Waals surface area contributed by atoms with Gasteiger partial charge in [-0.3, -0.25) is 14.9 Å².